The first-order chi connectivity index (χ1) is 9.00. The highest BCUT2D eigenvalue weighted by atomic mass is 32.3. The minimum Gasteiger partial charge on any atom is -0.453 e. The molecule has 9 nitrogen and oxygen atoms in total. The van der Waals surface area contributed by atoms with Crippen LogP contribution in [0.4, 0.5) is 0 Å². The molecule has 0 bridgehead atoms. The smallest absolute Gasteiger partial charge is 0.416 e. The van der Waals surface area contributed by atoms with Gasteiger partial charge in [0.05, 0.1) is 19.8 Å². The van der Waals surface area contributed by atoms with Gasteiger partial charge in [0.15, 0.2) is 0 Å². The van der Waals surface area contributed by atoms with E-state index in [0.717, 1.165) is 0 Å². The summed E-state index contributed by atoms with van der Waals surface area (Å²) in [4.78, 5) is 11.6. The van der Waals surface area contributed by atoms with Crippen molar-refractivity contribution in [3.8, 4) is 0 Å². The molecule has 118 valence electrons. The van der Waals surface area contributed by atoms with Crippen LogP contribution in [0.1, 0.15) is 20.8 Å². The molecule has 0 amide bonds. The van der Waals surface area contributed by atoms with Crippen LogP contribution in [0, 0.1) is 5.41 Å². The molecule has 1 aliphatic heterocycles. The lowest BCUT2D eigenvalue weighted by Gasteiger charge is -2.35. The van der Waals surface area contributed by atoms with Crippen molar-refractivity contribution in [3.05, 3.63) is 0 Å². The Balaban J connectivity index is 2.63. The van der Waals surface area contributed by atoms with Gasteiger partial charge in [-0.1, -0.05) is 20.8 Å². The monoisotopic (exact) mass is 314 g/mol. The SMILES string of the molecule is CC(C)(C)C(COCCO)OC(=O)C1(O)OS(=O)(=O)O1. The van der Waals surface area contributed by atoms with Crippen molar-refractivity contribution in [1.29, 1.82) is 0 Å². The molecule has 0 spiro atoms. The quantitative estimate of drug-likeness (QED) is 0.463. The van der Waals surface area contributed by atoms with E-state index in [1.807, 2.05) is 0 Å². The normalized spacial score (nSPS) is 21.9. The summed E-state index contributed by atoms with van der Waals surface area (Å²) in [5.41, 5.74) is -0.551. The van der Waals surface area contributed by atoms with Gasteiger partial charge in [0.2, 0.25) is 0 Å². The van der Waals surface area contributed by atoms with Crippen molar-refractivity contribution in [2.45, 2.75) is 32.8 Å². The zero-order chi connectivity index (χ0) is 15.6. The average molecular weight is 314 g/mol. The van der Waals surface area contributed by atoms with E-state index in [4.69, 9.17) is 14.6 Å². The van der Waals surface area contributed by atoms with E-state index in [1.165, 1.54) is 0 Å². The molecule has 0 radical (unpaired) electrons. The molecule has 20 heavy (non-hydrogen) atoms. The molecule has 1 aliphatic rings. The molecule has 1 rings (SSSR count). The van der Waals surface area contributed by atoms with Crippen LogP contribution in [-0.2, 0) is 33.0 Å². The van der Waals surface area contributed by atoms with Crippen molar-refractivity contribution >= 4 is 16.4 Å². The summed E-state index contributed by atoms with van der Waals surface area (Å²) < 4.78 is 39.2. The molecular weight excluding hydrogens is 296 g/mol. The number of rotatable bonds is 6. The van der Waals surface area contributed by atoms with Crippen LogP contribution in [0.15, 0.2) is 0 Å². The average Bonchev–Trinajstić information content (AvgIpc) is 2.23. The molecule has 1 atom stereocenters. The van der Waals surface area contributed by atoms with E-state index in [1.54, 1.807) is 20.8 Å². The Bertz CT molecular complexity index is 438. The maximum atomic E-state index is 11.6. The van der Waals surface area contributed by atoms with Crippen molar-refractivity contribution in [3.63, 3.8) is 0 Å². The molecule has 0 aliphatic carbocycles. The van der Waals surface area contributed by atoms with Gasteiger partial charge in [0, 0.05) is 5.41 Å². The third-order valence-corrected chi connectivity index (χ3v) is 3.27. The summed E-state index contributed by atoms with van der Waals surface area (Å²) in [5, 5.41) is 18.0. The molecule has 0 aromatic rings. The van der Waals surface area contributed by atoms with Crippen LogP contribution in [0.3, 0.4) is 0 Å². The minimum absolute atomic E-state index is 0.0430. The lowest BCUT2D eigenvalue weighted by atomic mass is 9.89. The third kappa shape index (κ3) is 4.36. The Labute approximate surface area is 116 Å². The second-order valence-electron chi connectivity index (χ2n) is 5.22. The predicted molar refractivity (Wildman–Crippen MR) is 63.3 cm³/mol. The number of hydrogen-bond donors (Lipinski definition) is 2. The number of carbonyl (C=O) groups is 1. The molecule has 2 N–H and O–H groups in total. The number of aliphatic hydroxyl groups is 2. The summed E-state index contributed by atoms with van der Waals surface area (Å²) >= 11 is 0. The van der Waals surface area contributed by atoms with E-state index in [0.29, 0.717) is 0 Å². The van der Waals surface area contributed by atoms with Gasteiger partial charge in [-0.15, -0.1) is 0 Å². The molecule has 0 saturated carbocycles. The molecule has 1 unspecified atom stereocenters. The number of ether oxygens (including phenoxy) is 2. The second kappa shape index (κ2) is 5.92. The van der Waals surface area contributed by atoms with Gasteiger partial charge in [-0.2, -0.15) is 16.8 Å². The second-order valence-corrected chi connectivity index (χ2v) is 6.37. The first kappa shape index (κ1) is 17.3. The lowest BCUT2D eigenvalue weighted by Crippen LogP contribution is -2.58. The fourth-order valence-corrected chi connectivity index (χ4v) is 1.97. The van der Waals surface area contributed by atoms with Crippen LogP contribution in [0.2, 0.25) is 0 Å². The Kier molecular flexibility index (Phi) is 5.11. The number of esters is 1. The van der Waals surface area contributed by atoms with Gasteiger partial charge < -0.3 is 19.7 Å². The van der Waals surface area contributed by atoms with Crippen molar-refractivity contribution in [1.82, 2.24) is 0 Å². The first-order valence-corrected chi connectivity index (χ1v) is 7.12. The molecule has 0 aromatic heterocycles. The summed E-state index contributed by atoms with van der Waals surface area (Å²) in [5.74, 6) is -4.33. The molecular formula is C10H18O9S. The Hall–Kier alpha value is -0.780. The van der Waals surface area contributed by atoms with E-state index in [2.05, 4.69) is 8.37 Å². The largest absolute Gasteiger partial charge is 0.453 e. The van der Waals surface area contributed by atoms with E-state index >= 15 is 0 Å². The number of carbonyl (C=O) groups excluding carboxylic acids is 1. The van der Waals surface area contributed by atoms with Gasteiger partial charge in [-0.25, -0.2) is 4.79 Å². The van der Waals surface area contributed by atoms with E-state index in [9.17, 15) is 18.3 Å². The summed E-state index contributed by atoms with van der Waals surface area (Å²) in [7, 11) is -4.34. The Morgan fingerprint density at radius 2 is 1.90 bits per heavy atom. The standard InChI is InChI=1S/C10H18O9S/c1-9(2,3)7(6-16-5-4-11)17-8(12)10(13)18-20(14,15)19-10/h7,11,13H,4-6H2,1-3H3. The zero-order valence-corrected chi connectivity index (χ0v) is 12.2. The van der Waals surface area contributed by atoms with Crippen molar-refractivity contribution < 1.29 is 41.3 Å². The van der Waals surface area contributed by atoms with E-state index < -0.39 is 33.9 Å². The van der Waals surface area contributed by atoms with Gasteiger partial charge in [-0.05, 0) is 0 Å². The van der Waals surface area contributed by atoms with Gasteiger partial charge in [-0.3, -0.25) is 0 Å². The lowest BCUT2D eigenvalue weighted by molar-refractivity contribution is -0.319. The number of aliphatic hydroxyl groups excluding tert-OH is 1. The van der Waals surface area contributed by atoms with Crippen LogP contribution in [0.5, 0.6) is 0 Å². The zero-order valence-electron chi connectivity index (χ0n) is 11.4. The minimum atomic E-state index is -4.34. The van der Waals surface area contributed by atoms with E-state index in [-0.39, 0.29) is 19.8 Å². The van der Waals surface area contributed by atoms with Crippen LogP contribution in [0.25, 0.3) is 0 Å². The highest BCUT2D eigenvalue weighted by Crippen LogP contribution is 2.31. The highest BCUT2D eigenvalue weighted by Gasteiger charge is 2.60. The van der Waals surface area contributed by atoms with Crippen LogP contribution < -0.4 is 0 Å². The summed E-state index contributed by atoms with van der Waals surface area (Å²) in [6.07, 6.45) is -0.805. The maximum absolute atomic E-state index is 11.6. The van der Waals surface area contributed by atoms with Gasteiger partial charge in [0.1, 0.15) is 6.10 Å². The van der Waals surface area contributed by atoms with Crippen molar-refractivity contribution in [2.24, 2.45) is 5.41 Å². The third-order valence-electron chi connectivity index (χ3n) is 2.41. The fraction of sp³-hybridized carbons (Fsp3) is 0.900. The summed E-state index contributed by atoms with van der Waals surface area (Å²) in [6, 6.07) is 0. The first-order valence-electron chi connectivity index (χ1n) is 5.78. The predicted octanol–water partition coefficient (Wildman–Crippen LogP) is -1.11. The van der Waals surface area contributed by atoms with Gasteiger partial charge in [0.25, 0.3) is 0 Å². The fourth-order valence-electron chi connectivity index (χ4n) is 1.27. The molecule has 1 fully saturated rings. The molecule has 0 aromatic carbocycles. The Morgan fingerprint density at radius 3 is 2.30 bits per heavy atom. The Morgan fingerprint density at radius 1 is 1.35 bits per heavy atom. The maximum Gasteiger partial charge on any atom is 0.416 e. The molecule has 1 saturated heterocycles. The van der Waals surface area contributed by atoms with Crippen LogP contribution in [-0.4, -0.2) is 56.5 Å². The molecule has 1 heterocycles. The van der Waals surface area contributed by atoms with Crippen molar-refractivity contribution in [2.75, 3.05) is 19.8 Å². The topological polar surface area (TPSA) is 129 Å². The molecule has 10 heteroatoms. The van der Waals surface area contributed by atoms with Crippen LogP contribution >= 0.6 is 0 Å². The number of hydrogen-bond acceptors (Lipinski definition) is 9. The van der Waals surface area contributed by atoms with Gasteiger partial charge >= 0.3 is 22.3 Å². The summed E-state index contributed by atoms with van der Waals surface area (Å²) in [6.45, 7) is 5.05. The highest BCUT2D eigenvalue weighted by molar-refractivity contribution is 7.82.